The molecule has 0 saturated heterocycles. The fourth-order valence-electron chi connectivity index (χ4n) is 3.08. The first-order valence-electron chi connectivity index (χ1n) is 10.2. The number of rotatable bonds is 7. The molecule has 0 fully saturated rings. The van der Waals surface area contributed by atoms with Crippen molar-refractivity contribution in [1.29, 1.82) is 0 Å². The van der Waals surface area contributed by atoms with E-state index in [2.05, 4.69) is 20.4 Å². The maximum Gasteiger partial charge on any atom is 0.338 e. The lowest BCUT2D eigenvalue weighted by Gasteiger charge is -2.07. The average Bonchev–Trinajstić information content (AvgIpc) is 3.23. The van der Waals surface area contributed by atoms with Crippen LogP contribution in [0.5, 0.6) is 0 Å². The van der Waals surface area contributed by atoms with Gasteiger partial charge in [-0.25, -0.2) is 14.5 Å². The standard InChI is InChI=1S/C23H21N5O4S/c1-3-32-22(31)15-6-8-16(9-7-15)25-19(29)13-33-23-26-20-18(21(30)27-23)12-24-28(20)17-10-4-14(2)5-11-17/h4-12H,3,13H2,1-2H3,(H,25,29)(H,26,27,30). The molecule has 1 amide bonds. The van der Waals surface area contributed by atoms with Gasteiger partial charge in [0.05, 0.1) is 29.8 Å². The van der Waals surface area contributed by atoms with Crippen LogP contribution < -0.4 is 10.9 Å². The highest BCUT2D eigenvalue weighted by atomic mass is 32.2. The van der Waals surface area contributed by atoms with Crippen molar-refractivity contribution >= 4 is 40.4 Å². The Morgan fingerprint density at radius 2 is 1.85 bits per heavy atom. The summed E-state index contributed by atoms with van der Waals surface area (Å²) < 4.78 is 6.54. The van der Waals surface area contributed by atoms with Crippen LogP contribution in [-0.2, 0) is 9.53 Å². The van der Waals surface area contributed by atoms with Crippen LogP contribution in [0.3, 0.4) is 0 Å². The third-order valence-corrected chi connectivity index (χ3v) is 5.59. The Morgan fingerprint density at radius 1 is 1.12 bits per heavy atom. The zero-order valence-electron chi connectivity index (χ0n) is 18.0. The molecule has 0 bridgehead atoms. The number of fused-ring (bicyclic) bond motifs is 1. The van der Waals surface area contributed by atoms with Gasteiger partial charge in [-0.2, -0.15) is 5.10 Å². The molecule has 2 aromatic heterocycles. The summed E-state index contributed by atoms with van der Waals surface area (Å²) in [5, 5.41) is 7.72. The summed E-state index contributed by atoms with van der Waals surface area (Å²) in [6.07, 6.45) is 1.47. The quantitative estimate of drug-likeness (QED) is 0.245. The van der Waals surface area contributed by atoms with Gasteiger partial charge in [0.25, 0.3) is 5.56 Å². The number of carbonyl (C=O) groups excluding carboxylic acids is 2. The van der Waals surface area contributed by atoms with E-state index in [0.29, 0.717) is 34.0 Å². The van der Waals surface area contributed by atoms with Crippen LogP contribution in [0.25, 0.3) is 16.7 Å². The van der Waals surface area contributed by atoms with Gasteiger partial charge in [0.2, 0.25) is 5.91 Å². The fourth-order valence-corrected chi connectivity index (χ4v) is 3.73. The normalized spacial score (nSPS) is 10.8. The molecule has 9 nitrogen and oxygen atoms in total. The van der Waals surface area contributed by atoms with Gasteiger partial charge in [-0.05, 0) is 50.2 Å². The predicted octanol–water partition coefficient (Wildman–Crippen LogP) is 3.32. The number of aromatic amines is 1. The maximum absolute atomic E-state index is 12.5. The van der Waals surface area contributed by atoms with Crippen LogP contribution in [0.2, 0.25) is 0 Å². The molecule has 0 aliphatic carbocycles. The Hall–Kier alpha value is -3.92. The van der Waals surface area contributed by atoms with Crippen molar-refractivity contribution in [1.82, 2.24) is 19.7 Å². The lowest BCUT2D eigenvalue weighted by atomic mass is 10.2. The minimum atomic E-state index is -0.416. The Morgan fingerprint density at radius 3 is 2.55 bits per heavy atom. The number of esters is 1. The Labute approximate surface area is 193 Å². The van der Waals surface area contributed by atoms with Gasteiger partial charge in [-0.1, -0.05) is 29.5 Å². The van der Waals surface area contributed by atoms with Crippen LogP contribution in [0.1, 0.15) is 22.8 Å². The van der Waals surface area contributed by atoms with Crippen molar-refractivity contribution in [3.63, 3.8) is 0 Å². The number of anilines is 1. The Kier molecular flexibility index (Phi) is 6.55. The average molecular weight is 464 g/mol. The molecule has 2 N–H and O–H groups in total. The first-order valence-corrected chi connectivity index (χ1v) is 11.2. The van der Waals surface area contributed by atoms with Crippen molar-refractivity contribution in [2.45, 2.75) is 19.0 Å². The van der Waals surface area contributed by atoms with Crippen LogP contribution in [-0.4, -0.2) is 44.0 Å². The number of nitrogens with zero attached hydrogens (tertiary/aromatic N) is 3. The molecular formula is C23H21N5O4S. The molecule has 0 unspecified atom stereocenters. The first-order chi connectivity index (χ1) is 15.9. The van der Waals surface area contributed by atoms with Crippen molar-refractivity contribution in [2.75, 3.05) is 17.7 Å². The number of aromatic nitrogens is 4. The lowest BCUT2D eigenvalue weighted by molar-refractivity contribution is -0.113. The number of benzene rings is 2. The van der Waals surface area contributed by atoms with Crippen LogP contribution >= 0.6 is 11.8 Å². The molecule has 0 aliphatic rings. The van der Waals surface area contributed by atoms with E-state index >= 15 is 0 Å². The van der Waals surface area contributed by atoms with Crippen LogP contribution in [0, 0.1) is 6.92 Å². The molecule has 0 atom stereocenters. The van der Waals surface area contributed by atoms with Crippen LogP contribution in [0.15, 0.2) is 64.7 Å². The maximum atomic E-state index is 12.5. The summed E-state index contributed by atoms with van der Waals surface area (Å²) >= 11 is 1.11. The Bertz CT molecular complexity index is 1360. The van der Waals surface area contributed by atoms with E-state index in [9.17, 15) is 14.4 Å². The zero-order valence-corrected chi connectivity index (χ0v) is 18.8. The molecule has 10 heteroatoms. The number of aryl methyl sites for hydroxylation is 1. The molecule has 0 aliphatic heterocycles. The largest absolute Gasteiger partial charge is 0.462 e. The topological polar surface area (TPSA) is 119 Å². The van der Waals surface area contributed by atoms with E-state index in [1.807, 2.05) is 31.2 Å². The number of amides is 1. The number of hydrogen-bond acceptors (Lipinski definition) is 7. The zero-order chi connectivity index (χ0) is 23.4. The van der Waals surface area contributed by atoms with Gasteiger partial charge in [-0.3, -0.25) is 9.59 Å². The number of carbonyl (C=O) groups is 2. The molecule has 0 spiro atoms. The van der Waals surface area contributed by atoms with Crippen molar-refractivity contribution < 1.29 is 14.3 Å². The minimum absolute atomic E-state index is 0.0345. The summed E-state index contributed by atoms with van der Waals surface area (Å²) in [5.41, 5.74) is 2.94. The van der Waals surface area contributed by atoms with E-state index in [1.54, 1.807) is 35.9 Å². The van der Waals surface area contributed by atoms with Crippen molar-refractivity contribution in [3.05, 3.63) is 76.2 Å². The molecule has 4 rings (SSSR count). The van der Waals surface area contributed by atoms with Crippen molar-refractivity contribution in [2.24, 2.45) is 0 Å². The summed E-state index contributed by atoms with van der Waals surface area (Å²) in [7, 11) is 0. The number of hydrogen-bond donors (Lipinski definition) is 2. The van der Waals surface area contributed by atoms with Crippen LogP contribution in [0.4, 0.5) is 5.69 Å². The Balaban J connectivity index is 1.45. The van der Waals surface area contributed by atoms with Gasteiger partial charge in [-0.15, -0.1) is 0 Å². The predicted molar refractivity (Wildman–Crippen MR) is 126 cm³/mol. The molecule has 33 heavy (non-hydrogen) atoms. The highest BCUT2D eigenvalue weighted by Gasteiger charge is 2.13. The van der Waals surface area contributed by atoms with Gasteiger partial charge in [0, 0.05) is 5.69 Å². The number of H-pyrrole nitrogens is 1. The van der Waals surface area contributed by atoms with E-state index in [0.717, 1.165) is 23.0 Å². The van der Waals surface area contributed by atoms with E-state index in [4.69, 9.17) is 4.74 Å². The van der Waals surface area contributed by atoms with Crippen molar-refractivity contribution in [3.8, 4) is 5.69 Å². The fraction of sp³-hybridized carbons (Fsp3) is 0.174. The second-order valence-corrected chi connectivity index (χ2v) is 8.10. The third kappa shape index (κ3) is 5.12. The molecular weight excluding hydrogens is 442 g/mol. The molecule has 0 radical (unpaired) electrons. The van der Waals surface area contributed by atoms with Gasteiger partial charge in [0.1, 0.15) is 5.39 Å². The lowest BCUT2D eigenvalue weighted by Crippen LogP contribution is -2.16. The molecule has 2 aromatic carbocycles. The van der Waals surface area contributed by atoms with Gasteiger partial charge < -0.3 is 15.0 Å². The number of thioether (sulfide) groups is 1. The molecule has 0 saturated carbocycles. The summed E-state index contributed by atoms with van der Waals surface area (Å²) in [6, 6.07) is 14.1. The SMILES string of the molecule is CCOC(=O)c1ccc(NC(=O)CSc2nc3c(cnn3-c3ccc(C)cc3)c(=O)[nH]2)cc1. The van der Waals surface area contributed by atoms with E-state index < -0.39 is 5.97 Å². The van der Waals surface area contributed by atoms with Gasteiger partial charge >= 0.3 is 5.97 Å². The molecule has 4 aromatic rings. The second-order valence-electron chi connectivity index (χ2n) is 7.13. The van der Waals surface area contributed by atoms with E-state index in [-0.39, 0.29) is 17.2 Å². The highest BCUT2D eigenvalue weighted by molar-refractivity contribution is 7.99. The summed E-state index contributed by atoms with van der Waals surface area (Å²) in [4.78, 5) is 43.7. The molecule has 2 heterocycles. The number of ether oxygens (including phenoxy) is 1. The van der Waals surface area contributed by atoms with Gasteiger partial charge in [0.15, 0.2) is 10.8 Å². The highest BCUT2D eigenvalue weighted by Crippen LogP contribution is 2.19. The smallest absolute Gasteiger partial charge is 0.338 e. The summed E-state index contributed by atoms with van der Waals surface area (Å²) in [5.74, 6) is -0.660. The van der Waals surface area contributed by atoms with E-state index in [1.165, 1.54) is 6.20 Å². The second kappa shape index (κ2) is 9.70. The molecule has 168 valence electrons. The minimum Gasteiger partial charge on any atom is -0.462 e. The first kappa shape index (κ1) is 22.3. The monoisotopic (exact) mass is 463 g/mol. The number of nitrogens with one attached hydrogen (secondary N) is 2. The third-order valence-electron chi connectivity index (χ3n) is 4.71. The summed E-state index contributed by atoms with van der Waals surface area (Å²) in [6.45, 7) is 4.02.